The molecule has 15 heavy (non-hydrogen) atoms. The molecule has 0 rings (SSSR count). The molecule has 0 aromatic rings. The Morgan fingerprint density at radius 2 is 0.733 bits per heavy atom. The first-order valence-electron chi connectivity index (χ1n) is 3.39. The Bertz CT molecular complexity index is 111. The van der Waals surface area contributed by atoms with Gasteiger partial charge in [0.2, 0.25) is 0 Å². The smallest absolute Gasteiger partial charge is 0.358 e. The van der Waals surface area contributed by atoms with Gasteiger partial charge in [0.05, 0.1) is 0 Å². The number of rotatable bonds is 0. The van der Waals surface area contributed by atoms with Crippen LogP contribution in [-0.2, 0) is 44.8 Å². The monoisotopic (exact) mass is 657 g/mol. The van der Waals surface area contributed by atoms with Crippen LogP contribution in [0.4, 0.5) is 0 Å². The van der Waals surface area contributed by atoms with Gasteiger partial charge in [0, 0.05) is 22.4 Å². The molecule has 0 nitrogen and oxygen atoms in total. The first-order chi connectivity index (χ1) is 4.47. The fraction of sp³-hybridized carbons (Fsp3) is 0.444. The van der Waals surface area contributed by atoms with E-state index < -0.39 is 11.9 Å². The first-order valence-corrected chi connectivity index (χ1v) is 12.2. The zero-order valence-corrected chi connectivity index (χ0v) is 17.7. The van der Waals surface area contributed by atoms with Crippen molar-refractivity contribution in [3.8, 4) is 0 Å². The largest absolute Gasteiger partial charge is 0.358 e. The van der Waals surface area contributed by atoms with Gasteiger partial charge in [-0.3, -0.25) is 0 Å². The molecule has 0 spiro atoms. The normalized spacial score (nSPS) is 15.3. The van der Waals surface area contributed by atoms with Crippen molar-refractivity contribution in [3.05, 3.63) is 34.1 Å². The zero-order valence-electron chi connectivity index (χ0n) is 10.1. The molecule has 0 N–H and O–H groups in total. The molecule has 0 unspecified atom stereocenters. The fourth-order valence-electron chi connectivity index (χ4n) is 0. The Balaban J connectivity index is -0.0000000370. The molecule has 0 aromatic carbocycles. The van der Waals surface area contributed by atoms with Crippen LogP contribution in [0.1, 0.15) is 0 Å². The minimum Gasteiger partial charge on any atom is -0.358 e. The molecule has 0 heterocycles. The van der Waals surface area contributed by atoms with Crippen LogP contribution in [0.25, 0.3) is 0 Å². The van der Waals surface area contributed by atoms with Gasteiger partial charge in [-0.2, -0.15) is 0 Å². The van der Waals surface area contributed by atoms with Gasteiger partial charge in [0.1, 0.15) is 0 Å². The third-order valence-corrected chi connectivity index (χ3v) is 0. The first kappa shape index (κ1) is 30.7. The molecule has 0 fully saturated rings. The summed E-state index contributed by atoms with van der Waals surface area (Å²) in [6, 6.07) is 0. The number of hydrogen-bond donors (Lipinski definition) is 0. The van der Waals surface area contributed by atoms with Crippen LogP contribution in [0.15, 0.2) is 0 Å². The molecule has 0 saturated carbocycles. The van der Waals surface area contributed by atoms with Gasteiger partial charge in [0.15, 0.2) is 0 Å². The van der Waals surface area contributed by atoms with Crippen LogP contribution in [0.3, 0.4) is 0 Å². The van der Waals surface area contributed by atoms with Crippen LogP contribution < -0.4 is 0 Å². The summed E-state index contributed by atoms with van der Waals surface area (Å²) in [4.78, 5) is 0. The summed E-state index contributed by atoms with van der Waals surface area (Å²) >= 11 is 11.4. The van der Waals surface area contributed by atoms with Gasteiger partial charge < -0.3 is 7.43 Å². The van der Waals surface area contributed by atoms with Crippen molar-refractivity contribution in [1.29, 1.82) is 0 Å². The molecule has 0 bridgehead atoms. The molecule has 0 aliphatic carbocycles. The third kappa shape index (κ3) is 442. The molecule has 1 radical (unpaired) electrons. The van der Waals surface area contributed by atoms with Crippen LogP contribution in [-0.4, -0.2) is 26.7 Å². The van der Waals surface area contributed by atoms with Crippen molar-refractivity contribution in [1.82, 2.24) is 0 Å². The van der Waals surface area contributed by atoms with E-state index in [-0.39, 0.29) is 52.2 Å². The molecule has 0 aliphatic heterocycles. The number of hydrogen-bond acceptors (Lipinski definition) is 0. The van der Waals surface area contributed by atoms with Crippen LogP contribution >= 0.6 is 34.4 Å². The summed E-state index contributed by atoms with van der Waals surface area (Å²) < 4.78 is 0. The van der Waals surface area contributed by atoms with Crippen molar-refractivity contribution in [3.63, 3.8) is 0 Å². The second-order valence-electron chi connectivity index (χ2n) is 5.03. The molecular formula is C9H23Au2Cl2P2-2. The van der Waals surface area contributed by atoms with E-state index in [0.29, 0.717) is 0 Å². The summed E-state index contributed by atoms with van der Waals surface area (Å²) in [5.74, 6) is -4.16. The van der Waals surface area contributed by atoms with E-state index in [9.17, 15) is 0 Å². The Kier molecular flexibility index (Phi) is 16.7. The van der Waals surface area contributed by atoms with E-state index in [2.05, 4.69) is 26.7 Å². The minimum absolute atomic E-state index is 0. The third-order valence-electron chi connectivity index (χ3n) is 0. The van der Waals surface area contributed by atoms with E-state index in [1.807, 2.05) is 26.7 Å². The summed E-state index contributed by atoms with van der Waals surface area (Å²) in [5, 5.41) is 0. The maximum Gasteiger partial charge on any atom is -0.358 e. The van der Waals surface area contributed by atoms with E-state index in [1.54, 1.807) is 0 Å². The minimum atomic E-state index is -2.08. The molecule has 0 aliphatic rings. The van der Waals surface area contributed by atoms with Crippen LogP contribution in [0.5, 0.6) is 0 Å². The van der Waals surface area contributed by atoms with Gasteiger partial charge in [-0.1, -0.05) is 0 Å². The second kappa shape index (κ2) is 8.16. The van der Waals surface area contributed by atoms with E-state index in [0.717, 1.165) is 0 Å². The Morgan fingerprint density at radius 1 is 0.733 bits per heavy atom. The van der Waals surface area contributed by atoms with Crippen molar-refractivity contribution >= 4 is 34.4 Å². The van der Waals surface area contributed by atoms with Crippen molar-refractivity contribution in [2.75, 3.05) is 26.7 Å². The second-order valence-corrected chi connectivity index (χ2v) is 22.0. The van der Waals surface area contributed by atoms with E-state index in [4.69, 9.17) is 22.5 Å². The molecule has 0 aromatic heterocycles. The van der Waals surface area contributed by atoms with Crippen molar-refractivity contribution in [2.24, 2.45) is 0 Å². The molecule has 0 atom stereocenters. The maximum absolute atomic E-state index is 5.69. The van der Waals surface area contributed by atoms with E-state index >= 15 is 0 Å². The summed E-state index contributed by atoms with van der Waals surface area (Å²) in [5.41, 5.74) is 0. The predicted molar refractivity (Wildman–Crippen MR) is 77.1 cm³/mol. The molecule has 0 amide bonds. The molecule has 0 saturated heterocycles. The topological polar surface area (TPSA) is 0 Å². The molecule has 107 valence electrons. The standard InChI is InChI=1S/2C4H10ClP.CH3.2Au/c2*1-6(2,3,4)5;;;/h2*1-2H2,3-4H3;1H3;;/q2*-2;-1;;+3. The average Bonchev–Trinajstić information content (AvgIpc) is 1.02. The van der Waals surface area contributed by atoms with Gasteiger partial charge in [0.25, 0.3) is 0 Å². The van der Waals surface area contributed by atoms with Crippen LogP contribution in [0.2, 0.25) is 0 Å². The number of halogens is 2. The summed E-state index contributed by atoms with van der Waals surface area (Å²) in [7, 11) is 0. The van der Waals surface area contributed by atoms with Gasteiger partial charge in [-0.15, -0.1) is 0 Å². The SMILES string of the molecule is [Au+3].[Au].[CH2-]P([CH2-])(C)(C)Cl.[CH2-]P([CH2-])(C)(C)Cl.[CH3-]. The zero-order chi connectivity index (χ0) is 10.9. The quantitative estimate of drug-likeness (QED) is 0.183. The van der Waals surface area contributed by atoms with Gasteiger partial charge >= 0.3 is 110 Å². The Hall–Kier alpha value is 2.92. The Labute approximate surface area is 138 Å². The molecular weight excluding hydrogens is 635 g/mol. The van der Waals surface area contributed by atoms with Crippen molar-refractivity contribution < 1.29 is 44.8 Å². The maximum atomic E-state index is 5.69. The van der Waals surface area contributed by atoms with Crippen molar-refractivity contribution in [2.45, 2.75) is 0 Å². The summed E-state index contributed by atoms with van der Waals surface area (Å²) in [6.07, 6.45) is 0. The van der Waals surface area contributed by atoms with E-state index in [1.165, 1.54) is 0 Å². The Morgan fingerprint density at radius 3 is 0.733 bits per heavy atom. The fourth-order valence-corrected chi connectivity index (χ4v) is 0. The molecule has 6 heteroatoms. The summed E-state index contributed by atoms with van der Waals surface area (Å²) in [6.45, 7) is 22.3. The average molecular weight is 658 g/mol. The van der Waals surface area contributed by atoms with Crippen LogP contribution in [0, 0.1) is 34.1 Å². The van der Waals surface area contributed by atoms with Gasteiger partial charge in [-0.25, -0.2) is 0 Å². The predicted octanol–water partition coefficient (Wildman–Crippen LogP) is 5.52. The van der Waals surface area contributed by atoms with Gasteiger partial charge in [-0.05, 0) is 0 Å².